The van der Waals surface area contributed by atoms with Gasteiger partial charge in [-0.3, -0.25) is 4.79 Å². The molecule has 1 aliphatic heterocycles. The van der Waals surface area contributed by atoms with Gasteiger partial charge in [-0.05, 0) is 42.5 Å². The second-order valence-corrected chi connectivity index (χ2v) is 8.61. The summed E-state index contributed by atoms with van der Waals surface area (Å²) in [6.45, 7) is 3.51. The van der Waals surface area contributed by atoms with Crippen molar-refractivity contribution in [1.29, 1.82) is 0 Å². The number of thioether (sulfide) groups is 1. The average molecular weight is 384 g/mol. The molecule has 1 heterocycles. The number of benzene rings is 1. The van der Waals surface area contributed by atoms with Crippen molar-refractivity contribution >= 4 is 33.7 Å². The number of nitrogens with one attached hydrogen (secondary N) is 2. The van der Waals surface area contributed by atoms with Crippen LogP contribution in [0.25, 0.3) is 0 Å². The van der Waals surface area contributed by atoms with Gasteiger partial charge in [0.05, 0.1) is 4.90 Å². The van der Waals surface area contributed by atoms with Crippen molar-refractivity contribution in [3.8, 4) is 0 Å². The Morgan fingerprint density at radius 2 is 2.00 bits per heavy atom. The molecule has 0 unspecified atom stereocenters. The Balaban J connectivity index is 2.23. The number of hydrogen-bond donors (Lipinski definition) is 3. The zero-order valence-corrected chi connectivity index (χ0v) is 15.2. The van der Waals surface area contributed by atoms with Gasteiger partial charge in [0.1, 0.15) is 5.54 Å². The molecule has 0 radical (unpaired) electrons. The third kappa shape index (κ3) is 4.62. The van der Waals surface area contributed by atoms with Crippen molar-refractivity contribution < 1.29 is 23.1 Å². The molecule has 0 aliphatic carbocycles. The maximum atomic E-state index is 12.5. The normalized spacial score (nSPS) is 16.8. The molecule has 0 atom stereocenters. The van der Waals surface area contributed by atoms with E-state index in [1.165, 1.54) is 30.3 Å². The van der Waals surface area contributed by atoms with E-state index in [0.717, 1.165) is 0 Å². The van der Waals surface area contributed by atoms with E-state index in [4.69, 9.17) is 0 Å². The summed E-state index contributed by atoms with van der Waals surface area (Å²) in [5.41, 5.74) is -1.21. The number of hydrogen-bond acceptors (Lipinski definition) is 5. The van der Waals surface area contributed by atoms with E-state index in [9.17, 15) is 23.1 Å². The van der Waals surface area contributed by atoms with E-state index in [1.54, 1.807) is 11.8 Å². The Morgan fingerprint density at radius 1 is 1.32 bits per heavy atom. The highest BCUT2D eigenvalue weighted by Gasteiger charge is 2.41. The topological polar surface area (TPSA) is 113 Å². The summed E-state index contributed by atoms with van der Waals surface area (Å²) in [4.78, 5) is 24.1. The van der Waals surface area contributed by atoms with E-state index in [-0.39, 0.29) is 17.0 Å². The summed E-state index contributed by atoms with van der Waals surface area (Å²) in [6, 6.07) is 5.50. The van der Waals surface area contributed by atoms with E-state index < -0.39 is 27.4 Å². The fourth-order valence-corrected chi connectivity index (χ4v) is 4.69. The van der Waals surface area contributed by atoms with Crippen LogP contribution in [0.1, 0.15) is 23.2 Å². The van der Waals surface area contributed by atoms with Crippen molar-refractivity contribution in [1.82, 2.24) is 10.0 Å². The molecule has 0 bridgehead atoms. The fourth-order valence-electron chi connectivity index (χ4n) is 2.46. The zero-order chi connectivity index (χ0) is 18.5. The molecule has 3 N–H and O–H groups in total. The Kier molecular flexibility index (Phi) is 6.26. The van der Waals surface area contributed by atoms with Gasteiger partial charge < -0.3 is 10.4 Å². The molecule has 1 amide bonds. The molecule has 0 aromatic heterocycles. The molecule has 1 fully saturated rings. The molecule has 1 aliphatic rings. The SMILES string of the molecule is C=CCNS(=O)(=O)c1cccc(C(=O)NC2(C(=O)O)CCSCC2)c1. The van der Waals surface area contributed by atoms with Crippen LogP contribution >= 0.6 is 11.8 Å². The van der Waals surface area contributed by atoms with Crippen LogP contribution in [0.5, 0.6) is 0 Å². The predicted molar refractivity (Wildman–Crippen MR) is 96.2 cm³/mol. The van der Waals surface area contributed by atoms with Crippen molar-refractivity contribution in [3.63, 3.8) is 0 Å². The van der Waals surface area contributed by atoms with Crippen LogP contribution in [0.2, 0.25) is 0 Å². The van der Waals surface area contributed by atoms with Crippen LogP contribution in [0.3, 0.4) is 0 Å². The van der Waals surface area contributed by atoms with E-state index in [2.05, 4.69) is 16.6 Å². The lowest BCUT2D eigenvalue weighted by molar-refractivity contribution is -0.144. The molecule has 7 nitrogen and oxygen atoms in total. The van der Waals surface area contributed by atoms with Crippen molar-refractivity contribution in [3.05, 3.63) is 42.5 Å². The molecular formula is C16H20N2O5S2. The number of carbonyl (C=O) groups is 2. The molecular weight excluding hydrogens is 364 g/mol. The molecule has 1 saturated heterocycles. The highest BCUT2D eigenvalue weighted by molar-refractivity contribution is 7.99. The Morgan fingerprint density at radius 3 is 2.60 bits per heavy atom. The molecule has 9 heteroatoms. The number of amides is 1. The molecule has 25 heavy (non-hydrogen) atoms. The predicted octanol–water partition coefficient (Wildman–Crippen LogP) is 1.23. The minimum atomic E-state index is -3.76. The summed E-state index contributed by atoms with van der Waals surface area (Å²) < 4.78 is 26.6. The second-order valence-electron chi connectivity index (χ2n) is 5.62. The van der Waals surface area contributed by atoms with E-state index >= 15 is 0 Å². The molecule has 0 saturated carbocycles. The monoisotopic (exact) mass is 384 g/mol. The largest absolute Gasteiger partial charge is 0.480 e. The lowest BCUT2D eigenvalue weighted by atomic mass is 9.92. The van der Waals surface area contributed by atoms with Gasteiger partial charge in [-0.1, -0.05) is 12.1 Å². The number of rotatable bonds is 7. The Bertz CT molecular complexity index is 770. The van der Waals surface area contributed by atoms with Gasteiger partial charge in [0.15, 0.2) is 0 Å². The third-order valence-corrected chi connectivity index (χ3v) is 6.34. The van der Waals surface area contributed by atoms with Crippen LogP contribution in [0, 0.1) is 0 Å². The van der Waals surface area contributed by atoms with E-state index in [0.29, 0.717) is 24.3 Å². The minimum absolute atomic E-state index is 0.0643. The van der Waals surface area contributed by atoms with Crippen LogP contribution < -0.4 is 10.0 Å². The quantitative estimate of drug-likeness (QED) is 0.610. The molecule has 1 aromatic carbocycles. The van der Waals surface area contributed by atoms with Crippen LogP contribution in [0.15, 0.2) is 41.8 Å². The van der Waals surface area contributed by atoms with Gasteiger partial charge in [-0.2, -0.15) is 11.8 Å². The van der Waals surface area contributed by atoms with Gasteiger partial charge in [-0.15, -0.1) is 6.58 Å². The van der Waals surface area contributed by atoms with Crippen LogP contribution in [-0.2, 0) is 14.8 Å². The minimum Gasteiger partial charge on any atom is -0.480 e. The third-order valence-electron chi connectivity index (χ3n) is 3.93. The first kappa shape index (κ1) is 19.5. The summed E-state index contributed by atoms with van der Waals surface area (Å²) in [6.07, 6.45) is 2.07. The Hall–Kier alpha value is -1.84. The number of carbonyl (C=O) groups excluding carboxylic acids is 1. The maximum Gasteiger partial charge on any atom is 0.329 e. The molecule has 0 spiro atoms. The highest BCUT2D eigenvalue weighted by Crippen LogP contribution is 2.28. The van der Waals surface area contributed by atoms with Crippen molar-refractivity contribution in [2.45, 2.75) is 23.3 Å². The fraction of sp³-hybridized carbons (Fsp3) is 0.375. The van der Waals surface area contributed by atoms with Crippen molar-refractivity contribution in [2.24, 2.45) is 0 Å². The second kappa shape index (κ2) is 8.03. The van der Waals surface area contributed by atoms with E-state index in [1.807, 2.05) is 0 Å². The number of carboxylic acids is 1. The summed E-state index contributed by atoms with van der Waals surface area (Å²) in [5, 5.41) is 12.1. The lowest BCUT2D eigenvalue weighted by Gasteiger charge is -2.33. The van der Waals surface area contributed by atoms with Gasteiger partial charge in [-0.25, -0.2) is 17.9 Å². The van der Waals surface area contributed by atoms with Crippen LogP contribution in [-0.4, -0.2) is 49.0 Å². The Labute approximate surface area is 150 Å². The molecule has 136 valence electrons. The number of sulfonamides is 1. The lowest BCUT2D eigenvalue weighted by Crippen LogP contribution is -2.56. The molecule has 2 rings (SSSR count). The van der Waals surface area contributed by atoms with Gasteiger partial charge in [0.25, 0.3) is 5.91 Å². The van der Waals surface area contributed by atoms with Crippen molar-refractivity contribution in [2.75, 3.05) is 18.1 Å². The maximum absolute atomic E-state index is 12.5. The first-order chi connectivity index (χ1) is 11.8. The number of aliphatic carboxylic acids is 1. The zero-order valence-electron chi connectivity index (χ0n) is 13.5. The van der Waals surface area contributed by atoms with Gasteiger partial charge >= 0.3 is 5.97 Å². The standard InChI is InChI=1S/C16H20N2O5S2/c1-2-8-17-25(22,23)13-5-3-4-12(11-13)14(19)18-16(15(20)21)6-9-24-10-7-16/h2-5,11,17H,1,6-10H2,(H,18,19)(H,20,21). The molecule has 1 aromatic rings. The number of carboxylic acid groups (broad SMARTS) is 1. The first-order valence-corrected chi connectivity index (χ1v) is 10.3. The summed E-state index contributed by atoms with van der Waals surface area (Å²) in [5.74, 6) is -0.383. The summed E-state index contributed by atoms with van der Waals surface area (Å²) in [7, 11) is -3.76. The van der Waals surface area contributed by atoms with Gasteiger partial charge in [0, 0.05) is 12.1 Å². The summed E-state index contributed by atoms with van der Waals surface area (Å²) >= 11 is 1.64. The van der Waals surface area contributed by atoms with Crippen LogP contribution in [0.4, 0.5) is 0 Å². The highest BCUT2D eigenvalue weighted by atomic mass is 32.2. The average Bonchev–Trinajstić information content (AvgIpc) is 2.61. The first-order valence-electron chi connectivity index (χ1n) is 7.65. The smallest absolute Gasteiger partial charge is 0.329 e. The van der Waals surface area contributed by atoms with Gasteiger partial charge in [0.2, 0.25) is 10.0 Å².